The fourth-order valence-corrected chi connectivity index (χ4v) is 2.00. The van der Waals surface area contributed by atoms with Crippen LogP contribution in [0.15, 0.2) is 12.4 Å². The number of aliphatic hydroxyl groups excluding tert-OH is 1. The Labute approximate surface area is 110 Å². The molecule has 1 amide bonds. The average Bonchev–Trinajstić information content (AvgIpc) is 3.17. The van der Waals surface area contributed by atoms with Gasteiger partial charge < -0.3 is 15.4 Å². The molecule has 0 spiro atoms. The molecule has 19 heavy (non-hydrogen) atoms. The molecule has 6 heteroatoms. The van der Waals surface area contributed by atoms with Crippen LogP contribution in [0.4, 0.5) is 0 Å². The summed E-state index contributed by atoms with van der Waals surface area (Å²) in [6.07, 6.45) is 5.68. The first-order valence-electron chi connectivity index (χ1n) is 6.44. The van der Waals surface area contributed by atoms with E-state index in [1.54, 1.807) is 19.3 Å². The van der Waals surface area contributed by atoms with Gasteiger partial charge in [-0.3, -0.25) is 4.79 Å². The van der Waals surface area contributed by atoms with Gasteiger partial charge in [0.2, 0.25) is 0 Å². The summed E-state index contributed by atoms with van der Waals surface area (Å²) in [6, 6.07) is -0.281. The number of hydrogen-bond acceptors (Lipinski definition) is 4. The van der Waals surface area contributed by atoms with Crippen LogP contribution in [0, 0.1) is 0 Å². The van der Waals surface area contributed by atoms with Crippen molar-refractivity contribution in [2.75, 3.05) is 6.61 Å². The monoisotopic (exact) mass is 260 g/mol. The molecule has 0 unspecified atom stereocenters. The van der Waals surface area contributed by atoms with Crippen LogP contribution < -0.4 is 5.32 Å². The molecule has 0 bridgehead atoms. The number of nitrogens with one attached hydrogen (secondary N) is 2. The highest BCUT2D eigenvalue weighted by molar-refractivity contribution is 6.04. The number of H-pyrrole nitrogens is 1. The lowest BCUT2D eigenvalue weighted by molar-refractivity contribution is 0.0924. The first-order chi connectivity index (χ1) is 9.19. The van der Waals surface area contributed by atoms with E-state index in [1.807, 2.05) is 0 Å². The quantitative estimate of drug-likeness (QED) is 0.763. The average molecular weight is 260 g/mol. The van der Waals surface area contributed by atoms with Gasteiger partial charge in [-0.1, -0.05) is 0 Å². The van der Waals surface area contributed by atoms with Crippen LogP contribution in [0.3, 0.4) is 0 Å². The van der Waals surface area contributed by atoms with Crippen molar-refractivity contribution in [3.63, 3.8) is 0 Å². The molecule has 1 atom stereocenters. The molecule has 1 aliphatic rings. The van der Waals surface area contributed by atoms with Crippen LogP contribution in [0.2, 0.25) is 0 Å². The third-order valence-corrected chi connectivity index (χ3v) is 3.29. The number of nitrogens with zero attached hydrogens (tertiary/aromatic N) is 2. The van der Waals surface area contributed by atoms with E-state index in [4.69, 9.17) is 5.11 Å². The Bertz CT molecular complexity index is 618. The molecule has 1 saturated carbocycles. The second kappa shape index (κ2) is 4.62. The highest BCUT2D eigenvalue weighted by Crippen LogP contribution is 2.39. The molecule has 0 aromatic carbocycles. The minimum absolute atomic E-state index is 0.0902. The Balaban J connectivity index is 1.94. The lowest BCUT2D eigenvalue weighted by atomic mass is 10.2. The van der Waals surface area contributed by atoms with E-state index in [0.29, 0.717) is 22.6 Å². The minimum Gasteiger partial charge on any atom is -0.394 e. The van der Waals surface area contributed by atoms with E-state index >= 15 is 0 Å². The van der Waals surface area contributed by atoms with Gasteiger partial charge in [0.15, 0.2) is 5.65 Å². The van der Waals surface area contributed by atoms with E-state index in [2.05, 4.69) is 20.3 Å². The van der Waals surface area contributed by atoms with Gasteiger partial charge in [-0.15, -0.1) is 0 Å². The van der Waals surface area contributed by atoms with Crippen LogP contribution in [-0.2, 0) is 0 Å². The molecular weight excluding hydrogens is 244 g/mol. The smallest absolute Gasteiger partial charge is 0.255 e. The molecule has 6 nitrogen and oxygen atoms in total. The Morgan fingerprint density at radius 1 is 1.63 bits per heavy atom. The molecule has 3 rings (SSSR count). The number of aromatic nitrogens is 3. The van der Waals surface area contributed by atoms with Crippen LogP contribution in [0.1, 0.15) is 41.7 Å². The van der Waals surface area contributed by atoms with Gasteiger partial charge in [-0.05, 0) is 19.8 Å². The number of aromatic amines is 1. The van der Waals surface area contributed by atoms with Gasteiger partial charge in [-0.2, -0.15) is 0 Å². The normalized spacial score (nSPS) is 16.5. The number of rotatable bonds is 4. The summed E-state index contributed by atoms with van der Waals surface area (Å²) in [5, 5.41) is 11.7. The molecule has 1 aliphatic carbocycles. The predicted molar refractivity (Wildman–Crippen MR) is 69.9 cm³/mol. The standard InChI is InChI=1S/C13H16N4O2/c1-7(6-18)16-13(19)9-4-14-12-11(9)17-10(5-15-12)8-2-3-8/h4-5,7-8,18H,2-3,6H2,1H3,(H,14,15)(H,16,19)/t7-/m1/s1. The van der Waals surface area contributed by atoms with Crippen LogP contribution >= 0.6 is 0 Å². The molecule has 0 aliphatic heterocycles. The van der Waals surface area contributed by atoms with Gasteiger partial charge in [0.1, 0.15) is 5.52 Å². The Hall–Kier alpha value is -1.95. The second-order valence-electron chi connectivity index (χ2n) is 5.03. The van der Waals surface area contributed by atoms with Gasteiger partial charge in [-0.25, -0.2) is 9.97 Å². The molecule has 2 heterocycles. The lowest BCUT2D eigenvalue weighted by Gasteiger charge is -2.09. The number of fused-ring (bicyclic) bond motifs is 1. The van der Waals surface area contributed by atoms with E-state index < -0.39 is 0 Å². The number of hydrogen-bond donors (Lipinski definition) is 3. The van der Waals surface area contributed by atoms with Gasteiger partial charge in [0.25, 0.3) is 5.91 Å². The largest absolute Gasteiger partial charge is 0.394 e. The van der Waals surface area contributed by atoms with E-state index in [0.717, 1.165) is 18.5 Å². The molecule has 0 saturated heterocycles. The fraction of sp³-hybridized carbons (Fsp3) is 0.462. The first kappa shape index (κ1) is 12.1. The summed E-state index contributed by atoms with van der Waals surface area (Å²) in [5.41, 5.74) is 2.65. The van der Waals surface area contributed by atoms with Crippen molar-refractivity contribution < 1.29 is 9.90 Å². The zero-order valence-electron chi connectivity index (χ0n) is 10.7. The van der Waals surface area contributed by atoms with Crippen LogP contribution in [0.5, 0.6) is 0 Å². The zero-order chi connectivity index (χ0) is 13.4. The van der Waals surface area contributed by atoms with Crippen LogP contribution in [-0.4, -0.2) is 38.6 Å². The Kier molecular flexibility index (Phi) is 2.94. The number of carbonyl (C=O) groups excluding carboxylic acids is 1. The molecule has 1 fully saturated rings. The van der Waals surface area contributed by atoms with E-state index in [1.165, 1.54) is 0 Å². The maximum atomic E-state index is 12.1. The lowest BCUT2D eigenvalue weighted by Crippen LogP contribution is -2.34. The number of aliphatic hydroxyl groups is 1. The van der Waals surface area contributed by atoms with Crippen LogP contribution in [0.25, 0.3) is 11.2 Å². The minimum atomic E-state index is -0.281. The van der Waals surface area contributed by atoms with Crippen molar-refractivity contribution >= 4 is 17.1 Å². The van der Waals surface area contributed by atoms with Crippen molar-refractivity contribution in [3.05, 3.63) is 23.7 Å². The SMILES string of the molecule is C[C@H](CO)NC(=O)c1c[nH]c2ncc(C3CC3)nc12. The van der Waals surface area contributed by atoms with Crippen molar-refractivity contribution in [2.45, 2.75) is 31.7 Å². The number of carbonyl (C=O) groups is 1. The van der Waals surface area contributed by atoms with Crippen molar-refractivity contribution in [1.82, 2.24) is 20.3 Å². The molecule has 0 radical (unpaired) electrons. The van der Waals surface area contributed by atoms with Gasteiger partial charge in [0.05, 0.1) is 24.1 Å². The summed E-state index contributed by atoms with van der Waals surface area (Å²) in [5.74, 6) is 0.258. The van der Waals surface area contributed by atoms with E-state index in [-0.39, 0.29) is 18.6 Å². The summed E-state index contributed by atoms with van der Waals surface area (Å²) >= 11 is 0. The third-order valence-electron chi connectivity index (χ3n) is 3.29. The highest BCUT2D eigenvalue weighted by Gasteiger charge is 2.26. The number of amides is 1. The van der Waals surface area contributed by atoms with Crippen molar-refractivity contribution in [1.29, 1.82) is 0 Å². The molecule has 3 N–H and O–H groups in total. The summed E-state index contributed by atoms with van der Waals surface area (Å²) < 4.78 is 0. The van der Waals surface area contributed by atoms with Crippen molar-refractivity contribution in [2.24, 2.45) is 0 Å². The highest BCUT2D eigenvalue weighted by atomic mass is 16.3. The molecule has 2 aromatic heterocycles. The predicted octanol–water partition coefficient (Wildman–Crippen LogP) is 0.946. The Morgan fingerprint density at radius 3 is 3.11 bits per heavy atom. The summed E-state index contributed by atoms with van der Waals surface area (Å²) in [7, 11) is 0. The maximum Gasteiger partial charge on any atom is 0.255 e. The molecular formula is C13H16N4O2. The zero-order valence-corrected chi connectivity index (χ0v) is 10.7. The first-order valence-corrected chi connectivity index (χ1v) is 6.44. The second-order valence-corrected chi connectivity index (χ2v) is 5.03. The summed E-state index contributed by atoms with van der Waals surface area (Å²) in [4.78, 5) is 23.9. The topological polar surface area (TPSA) is 90.9 Å². The van der Waals surface area contributed by atoms with E-state index in [9.17, 15) is 4.79 Å². The third kappa shape index (κ3) is 2.31. The van der Waals surface area contributed by atoms with Gasteiger partial charge >= 0.3 is 0 Å². The van der Waals surface area contributed by atoms with Crippen molar-refractivity contribution in [3.8, 4) is 0 Å². The molecule has 2 aromatic rings. The fourth-order valence-electron chi connectivity index (χ4n) is 2.00. The maximum absolute atomic E-state index is 12.1. The van der Waals surface area contributed by atoms with Gasteiger partial charge in [0, 0.05) is 18.2 Å². The Morgan fingerprint density at radius 2 is 2.42 bits per heavy atom. The molecule has 100 valence electrons. The summed E-state index contributed by atoms with van der Waals surface area (Å²) in [6.45, 7) is 1.65.